The lowest BCUT2D eigenvalue weighted by molar-refractivity contribution is -0.131. The molecular weight excluding hydrogens is 400 g/mol. The fourth-order valence-corrected chi connectivity index (χ4v) is 3.12. The van der Waals surface area contributed by atoms with Crippen LogP contribution in [0.3, 0.4) is 0 Å². The molecule has 0 saturated heterocycles. The fourth-order valence-electron chi connectivity index (χ4n) is 3.12. The number of benzene rings is 2. The highest BCUT2D eigenvalue weighted by molar-refractivity contribution is 6.06. The average molecular weight is 422 g/mol. The number of carbonyl (C=O) groups is 3. The molecular formula is C22H22N4O5. The Bertz CT molecular complexity index is 1090. The van der Waals surface area contributed by atoms with Gasteiger partial charge in [0.1, 0.15) is 0 Å². The number of carbonyl (C=O) groups excluding carboxylic acids is 1. The van der Waals surface area contributed by atoms with Crippen molar-refractivity contribution in [2.75, 3.05) is 23.7 Å². The van der Waals surface area contributed by atoms with E-state index in [0.29, 0.717) is 28.5 Å². The molecule has 1 amide bonds. The predicted molar refractivity (Wildman–Crippen MR) is 118 cm³/mol. The lowest BCUT2D eigenvalue weighted by atomic mass is 10.00. The first-order valence-electron chi connectivity index (χ1n) is 9.59. The number of aliphatic carboxylic acids is 1. The maximum atomic E-state index is 12.7. The molecule has 0 unspecified atom stereocenters. The third kappa shape index (κ3) is 5.69. The van der Waals surface area contributed by atoms with Crippen molar-refractivity contribution >= 4 is 41.3 Å². The second-order valence-corrected chi connectivity index (χ2v) is 6.90. The number of carboxylic acid groups (broad SMARTS) is 2. The summed E-state index contributed by atoms with van der Waals surface area (Å²) >= 11 is 0. The van der Waals surface area contributed by atoms with Crippen LogP contribution >= 0.6 is 0 Å². The van der Waals surface area contributed by atoms with Gasteiger partial charge < -0.3 is 26.2 Å². The average Bonchev–Trinajstić information content (AvgIpc) is 2.73. The Morgan fingerprint density at radius 1 is 1.13 bits per heavy atom. The highest BCUT2D eigenvalue weighted by atomic mass is 16.4. The lowest BCUT2D eigenvalue weighted by Crippen LogP contribution is -2.35. The SMILES string of the molecule is Cc1cc(NC(=O)c2cccc(NC3=NCCCN3)c2)cc(C(=O)O)c1C=CC(=O)O. The molecule has 0 saturated carbocycles. The van der Waals surface area contributed by atoms with Crippen molar-refractivity contribution in [3.8, 4) is 0 Å². The van der Waals surface area contributed by atoms with E-state index in [1.54, 1.807) is 31.2 Å². The summed E-state index contributed by atoms with van der Waals surface area (Å²) in [5, 5.41) is 27.3. The molecule has 0 atom stereocenters. The van der Waals surface area contributed by atoms with Gasteiger partial charge in [-0.05, 0) is 60.9 Å². The Morgan fingerprint density at radius 2 is 1.94 bits per heavy atom. The van der Waals surface area contributed by atoms with E-state index in [2.05, 4.69) is 20.9 Å². The molecule has 1 heterocycles. The highest BCUT2D eigenvalue weighted by Crippen LogP contribution is 2.23. The molecule has 0 fully saturated rings. The van der Waals surface area contributed by atoms with Crippen LogP contribution in [0.2, 0.25) is 0 Å². The van der Waals surface area contributed by atoms with Crippen LogP contribution in [0.5, 0.6) is 0 Å². The maximum Gasteiger partial charge on any atom is 0.336 e. The second-order valence-electron chi connectivity index (χ2n) is 6.90. The number of carboxylic acids is 2. The molecule has 0 radical (unpaired) electrons. The van der Waals surface area contributed by atoms with Crippen molar-refractivity contribution in [2.45, 2.75) is 13.3 Å². The number of guanidine groups is 1. The molecule has 2 aromatic carbocycles. The molecule has 0 spiro atoms. The first-order valence-corrected chi connectivity index (χ1v) is 9.59. The Kier molecular flexibility index (Phi) is 6.66. The minimum absolute atomic E-state index is 0.107. The van der Waals surface area contributed by atoms with E-state index in [-0.39, 0.29) is 11.1 Å². The fraction of sp³-hybridized carbons (Fsp3) is 0.182. The largest absolute Gasteiger partial charge is 0.478 e. The zero-order valence-corrected chi connectivity index (χ0v) is 16.8. The first-order chi connectivity index (χ1) is 14.8. The Labute approximate surface area is 178 Å². The van der Waals surface area contributed by atoms with Gasteiger partial charge in [0.2, 0.25) is 0 Å². The van der Waals surface area contributed by atoms with Gasteiger partial charge in [0.25, 0.3) is 5.91 Å². The van der Waals surface area contributed by atoms with Gasteiger partial charge >= 0.3 is 11.9 Å². The molecule has 0 bridgehead atoms. The zero-order valence-electron chi connectivity index (χ0n) is 16.8. The van der Waals surface area contributed by atoms with E-state index in [1.807, 2.05) is 6.07 Å². The summed E-state index contributed by atoms with van der Waals surface area (Å²) < 4.78 is 0. The van der Waals surface area contributed by atoms with Gasteiger partial charge in [0.05, 0.1) is 5.56 Å². The zero-order chi connectivity index (χ0) is 22.4. The number of rotatable bonds is 6. The molecule has 2 aromatic rings. The van der Waals surface area contributed by atoms with Gasteiger partial charge in [0.15, 0.2) is 5.96 Å². The number of hydrogen-bond donors (Lipinski definition) is 5. The summed E-state index contributed by atoms with van der Waals surface area (Å²) in [5.41, 5.74) is 2.04. The molecule has 9 nitrogen and oxygen atoms in total. The number of amides is 1. The predicted octanol–water partition coefficient (Wildman–Crippen LogP) is 2.80. The third-order valence-corrected chi connectivity index (χ3v) is 4.55. The minimum atomic E-state index is -1.23. The topological polar surface area (TPSA) is 140 Å². The highest BCUT2D eigenvalue weighted by Gasteiger charge is 2.15. The smallest absolute Gasteiger partial charge is 0.336 e. The van der Waals surface area contributed by atoms with Gasteiger partial charge in [0, 0.05) is 36.1 Å². The van der Waals surface area contributed by atoms with Crippen LogP contribution in [0.15, 0.2) is 47.5 Å². The quantitative estimate of drug-likeness (QED) is 0.451. The lowest BCUT2D eigenvalue weighted by Gasteiger charge is -2.16. The third-order valence-electron chi connectivity index (χ3n) is 4.55. The molecule has 0 aromatic heterocycles. The first kappa shape index (κ1) is 21.6. The van der Waals surface area contributed by atoms with E-state index < -0.39 is 17.8 Å². The van der Waals surface area contributed by atoms with Gasteiger partial charge in [-0.15, -0.1) is 0 Å². The van der Waals surface area contributed by atoms with Crippen LogP contribution in [-0.4, -0.2) is 47.1 Å². The summed E-state index contributed by atoms with van der Waals surface area (Å²) in [6.07, 6.45) is 3.07. The maximum absolute atomic E-state index is 12.7. The number of hydrogen-bond acceptors (Lipinski definition) is 6. The number of anilines is 2. The number of nitrogens with zero attached hydrogens (tertiary/aromatic N) is 1. The van der Waals surface area contributed by atoms with Crippen LogP contribution in [-0.2, 0) is 4.79 Å². The molecule has 0 aliphatic carbocycles. The van der Waals surface area contributed by atoms with Crippen molar-refractivity contribution < 1.29 is 24.6 Å². The molecule has 31 heavy (non-hydrogen) atoms. The number of nitrogens with one attached hydrogen (secondary N) is 3. The Hall–Kier alpha value is -4.14. The number of aliphatic imine (C=N–C) groups is 1. The van der Waals surface area contributed by atoms with Crippen LogP contribution in [0.25, 0.3) is 6.08 Å². The van der Waals surface area contributed by atoms with Crippen LogP contribution in [0.1, 0.15) is 38.3 Å². The monoisotopic (exact) mass is 422 g/mol. The van der Waals surface area contributed by atoms with Crippen LogP contribution < -0.4 is 16.0 Å². The van der Waals surface area contributed by atoms with E-state index in [1.165, 1.54) is 12.1 Å². The summed E-state index contributed by atoms with van der Waals surface area (Å²) in [6.45, 7) is 3.21. The minimum Gasteiger partial charge on any atom is -0.478 e. The van der Waals surface area contributed by atoms with Crippen LogP contribution in [0.4, 0.5) is 11.4 Å². The van der Waals surface area contributed by atoms with E-state index >= 15 is 0 Å². The molecule has 1 aliphatic heterocycles. The van der Waals surface area contributed by atoms with Crippen molar-refractivity contribution in [3.05, 3.63) is 64.7 Å². The normalized spacial score (nSPS) is 13.3. The molecule has 3 rings (SSSR count). The summed E-state index contributed by atoms with van der Waals surface area (Å²) in [7, 11) is 0. The number of aryl methyl sites for hydroxylation is 1. The summed E-state index contributed by atoms with van der Waals surface area (Å²) in [4.78, 5) is 39.5. The van der Waals surface area contributed by atoms with Gasteiger partial charge in [-0.2, -0.15) is 0 Å². The van der Waals surface area contributed by atoms with Gasteiger partial charge in [-0.1, -0.05) is 6.07 Å². The molecule has 160 valence electrons. The second kappa shape index (κ2) is 9.57. The Morgan fingerprint density at radius 3 is 2.61 bits per heavy atom. The van der Waals surface area contributed by atoms with Crippen molar-refractivity contribution in [2.24, 2.45) is 4.99 Å². The van der Waals surface area contributed by atoms with Crippen LogP contribution in [0, 0.1) is 6.92 Å². The Balaban J connectivity index is 1.81. The molecule has 1 aliphatic rings. The van der Waals surface area contributed by atoms with Gasteiger partial charge in [-0.25, -0.2) is 9.59 Å². The standard InChI is InChI=1S/C22H22N4O5/c1-13-10-16(12-18(21(30)31)17(13)6-7-19(27)28)25-20(29)14-4-2-5-15(11-14)26-22-23-8-3-9-24-22/h2,4-7,10-12H,3,8-9H2,1H3,(H,25,29)(H,27,28)(H,30,31)(H2,23,24,26). The summed E-state index contributed by atoms with van der Waals surface area (Å²) in [6, 6.07) is 9.75. The molecule has 5 N–H and O–H groups in total. The van der Waals surface area contributed by atoms with Crippen molar-refractivity contribution in [1.82, 2.24) is 5.32 Å². The van der Waals surface area contributed by atoms with E-state index in [4.69, 9.17) is 5.11 Å². The van der Waals surface area contributed by atoms with E-state index in [9.17, 15) is 19.5 Å². The van der Waals surface area contributed by atoms with E-state index in [0.717, 1.165) is 25.6 Å². The van der Waals surface area contributed by atoms with Crippen molar-refractivity contribution in [3.63, 3.8) is 0 Å². The van der Waals surface area contributed by atoms with Gasteiger partial charge in [-0.3, -0.25) is 9.79 Å². The summed E-state index contributed by atoms with van der Waals surface area (Å²) in [5.74, 6) is -2.17. The van der Waals surface area contributed by atoms with Crippen molar-refractivity contribution in [1.29, 1.82) is 0 Å². The molecule has 9 heteroatoms. The number of aromatic carboxylic acids is 1.